The second kappa shape index (κ2) is 17.3. The third kappa shape index (κ3) is 10.0. The van der Waals surface area contributed by atoms with Gasteiger partial charge >= 0.3 is 0 Å². The third-order valence-corrected chi connectivity index (χ3v) is 7.49. The van der Waals surface area contributed by atoms with Crippen molar-refractivity contribution in [1.29, 1.82) is 0 Å². The molecule has 1 aliphatic heterocycles. The second-order valence-corrected chi connectivity index (χ2v) is 10.7. The summed E-state index contributed by atoms with van der Waals surface area (Å²) in [5.74, 6) is -1.89. The van der Waals surface area contributed by atoms with Crippen molar-refractivity contribution in [3.05, 3.63) is 137 Å². The van der Waals surface area contributed by atoms with E-state index < -0.39 is 35.5 Å². The summed E-state index contributed by atoms with van der Waals surface area (Å²) in [6.45, 7) is 2.16. The fourth-order valence-electron chi connectivity index (χ4n) is 5.22. The first-order valence-electron chi connectivity index (χ1n) is 14.6. The molecule has 1 heterocycles. The molecular formula is C35H36ClF4NO4. The largest absolute Gasteiger partial charge is 0.494 e. The van der Waals surface area contributed by atoms with Gasteiger partial charge in [0, 0.05) is 36.6 Å². The van der Waals surface area contributed by atoms with Crippen molar-refractivity contribution in [3.63, 3.8) is 0 Å². The summed E-state index contributed by atoms with van der Waals surface area (Å²) in [7, 11) is 0. The van der Waals surface area contributed by atoms with Crippen LogP contribution in [0.2, 0.25) is 0 Å². The van der Waals surface area contributed by atoms with Crippen LogP contribution in [-0.2, 0) is 34.0 Å². The van der Waals surface area contributed by atoms with E-state index in [0.717, 1.165) is 53.9 Å². The fraction of sp³-hybridized carbons (Fsp3) is 0.314. The van der Waals surface area contributed by atoms with Crippen LogP contribution < -0.4 is 10.1 Å². The van der Waals surface area contributed by atoms with Gasteiger partial charge in [0.1, 0.15) is 29.0 Å². The topological polar surface area (TPSA) is 49.0 Å². The van der Waals surface area contributed by atoms with E-state index in [2.05, 4.69) is 5.32 Å². The molecule has 4 aromatic rings. The molecule has 0 bridgehead atoms. The molecule has 1 unspecified atom stereocenters. The van der Waals surface area contributed by atoms with Crippen LogP contribution in [-0.4, -0.2) is 38.5 Å². The van der Waals surface area contributed by atoms with Crippen molar-refractivity contribution in [2.45, 2.75) is 44.4 Å². The molecule has 240 valence electrons. The lowest BCUT2D eigenvalue weighted by Gasteiger charge is -2.39. The third-order valence-electron chi connectivity index (χ3n) is 7.49. The summed E-state index contributed by atoms with van der Waals surface area (Å²) >= 11 is 0. The molecule has 1 fully saturated rings. The molecule has 0 aromatic heterocycles. The monoisotopic (exact) mass is 645 g/mol. The Labute approximate surface area is 266 Å². The molecule has 1 saturated heterocycles. The zero-order valence-electron chi connectivity index (χ0n) is 24.6. The number of benzene rings is 4. The van der Waals surface area contributed by atoms with Gasteiger partial charge in [-0.1, -0.05) is 42.5 Å². The predicted octanol–water partition coefficient (Wildman–Crippen LogP) is 7.51. The second-order valence-electron chi connectivity index (χ2n) is 10.7. The van der Waals surface area contributed by atoms with Crippen molar-refractivity contribution in [1.82, 2.24) is 5.32 Å². The average Bonchev–Trinajstić information content (AvgIpc) is 3.04. The van der Waals surface area contributed by atoms with Crippen LogP contribution in [0.25, 0.3) is 0 Å². The SMILES string of the molecule is Cl.Fc1ccc(F)c(CO[C@H]2CNC[C@@H](OCc3cc(F)ccc3F)C2c2ccc(OCCCOCc3ccccc3)cc2)c1. The van der Waals surface area contributed by atoms with Crippen LogP contribution in [0.15, 0.2) is 91.0 Å². The molecule has 0 amide bonds. The summed E-state index contributed by atoms with van der Waals surface area (Å²) in [6, 6.07) is 24.0. The smallest absolute Gasteiger partial charge is 0.128 e. The predicted molar refractivity (Wildman–Crippen MR) is 165 cm³/mol. The fourth-order valence-corrected chi connectivity index (χ4v) is 5.22. The number of piperidine rings is 1. The van der Waals surface area contributed by atoms with Gasteiger partial charge in [0.05, 0.1) is 45.2 Å². The minimum Gasteiger partial charge on any atom is -0.494 e. The molecule has 4 aromatic carbocycles. The van der Waals surface area contributed by atoms with Crippen LogP contribution in [0, 0.1) is 23.3 Å². The van der Waals surface area contributed by atoms with Gasteiger partial charge in [-0.25, -0.2) is 17.6 Å². The van der Waals surface area contributed by atoms with E-state index in [1.165, 1.54) is 0 Å². The summed E-state index contributed by atoms with van der Waals surface area (Å²) in [4.78, 5) is 0. The van der Waals surface area contributed by atoms with Gasteiger partial charge < -0.3 is 24.3 Å². The maximum Gasteiger partial charge on any atom is 0.128 e. The Hall–Kier alpha value is -3.47. The summed E-state index contributed by atoms with van der Waals surface area (Å²) in [5, 5.41) is 3.25. The van der Waals surface area contributed by atoms with Crippen molar-refractivity contribution < 1.29 is 36.5 Å². The Morgan fingerprint density at radius 2 is 1.22 bits per heavy atom. The summed E-state index contributed by atoms with van der Waals surface area (Å²) < 4.78 is 80.1. The van der Waals surface area contributed by atoms with Crippen LogP contribution >= 0.6 is 12.4 Å². The number of nitrogens with one attached hydrogen (secondary N) is 1. The first-order chi connectivity index (χ1) is 21.5. The highest BCUT2D eigenvalue weighted by Crippen LogP contribution is 2.33. The molecule has 1 aliphatic rings. The van der Waals surface area contributed by atoms with Crippen LogP contribution in [0.4, 0.5) is 17.6 Å². The standard InChI is InChI=1S/C35H35F4NO4.ClH/c36-28-9-13-31(38)26(17-28)22-43-33-19-40-20-34(44-23-27-18-29(37)10-14-32(27)39)35(33)25-7-11-30(12-8-25)42-16-4-15-41-21-24-5-2-1-3-6-24;/h1-3,5-14,17-18,33-35,40H,4,15-16,19-23H2;1H/t33-,34+,35?;. The van der Waals surface area contributed by atoms with Gasteiger partial charge in [0.2, 0.25) is 0 Å². The molecule has 0 aliphatic carbocycles. The van der Waals surface area contributed by atoms with Gasteiger partial charge in [-0.15, -0.1) is 12.4 Å². The molecule has 10 heteroatoms. The summed E-state index contributed by atoms with van der Waals surface area (Å²) in [5.41, 5.74) is 2.20. The molecular weight excluding hydrogens is 610 g/mol. The van der Waals surface area contributed by atoms with E-state index in [4.69, 9.17) is 18.9 Å². The van der Waals surface area contributed by atoms with E-state index in [1.807, 2.05) is 54.6 Å². The molecule has 5 rings (SSSR count). The number of halogens is 5. The summed E-state index contributed by atoms with van der Waals surface area (Å²) in [6.07, 6.45) is -0.244. The number of hydrogen-bond donors (Lipinski definition) is 1. The highest BCUT2D eigenvalue weighted by Gasteiger charge is 2.36. The lowest BCUT2D eigenvalue weighted by molar-refractivity contribution is -0.0659. The molecule has 0 spiro atoms. The van der Waals surface area contributed by atoms with Crippen LogP contribution in [0.1, 0.15) is 34.6 Å². The Morgan fingerprint density at radius 1 is 0.644 bits per heavy atom. The highest BCUT2D eigenvalue weighted by molar-refractivity contribution is 5.85. The molecule has 3 atom stereocenters. The lowest BCUT2D eigenvalue weighted by atomic mass is 9.85. The van der Waals surface area contributed by atoms with Crippen molar-refractivity contribution in [2.75, 3.05) is 26.3 Å². The zero-order valence-corrected chi connectivity index (χ0v) is 25.4. The molecule has 0 saturated carbocycles. The first-order valence-corrected chi connectivity index (χ1v) is 14.6. The van der Waals surface area contributed by atoms with Crippen molar-refractivity contribution >= 4 is 12.4 Å². The molecule has 5 nitrogen and oxygen atoms in total. The molecule has 1 N–H and O–H groups in total. The number of ether oxygens (including phenoxy) is 4. The highest BCUT2D eigenvalue weighted by atomic mass is 35.5. The Bertz CT molecular complexity index is 1420. The minimum atomic E-state index is -0.562. The van der Waals surface area contributed by atoms with Gasteiger partial charge in [-0.05, 0) is 59.7 Å². The average molecular weight is 646 g/mol. The van der Waals surface area contributed by atoms with Gasteiger partial charge in [0.15, 0.2) is 0 Å². The zero-order chi connectivity index (χ0) is 30.7. The maximum absolute atomic E-state index is 14.3. The Morgan fingerprint density at radius 3 is 1.80 bits per heavy atom. The first kappa shape index (κ1) is 34.4. The van der Waals surface area contributed by atoms with Crippen LogP contribution in [0.5, 0.6) is 5.75 Å². The van der Waals surface area contributed by atoms with Crippen LogP contribution in [0.3, 0.4) is 0 Å². The van der Waals surface area contributed by atoms with E-state index >= 15 is 0 Å². The van der Waals surface area contributed by atoms with Gasteiger partial charge in [0.25, 0.3) is 0 Å². The quantitative estimate of drug-likeness (QED) is 0.114. The van der Waals surface area contributed by atoms with Crippen molar-refractivity contribution in [2.24, 2.45) is 0 Å². The maximum atomic E-state index is 14.3. The number of hydrogen-bond acceptors (Lipinski definition) is 5. The van der Waals surface area contributed by atoms with Gasteiger partial charge in [-0.2, -0.15) is 0 Å². The Kier molecular flexibility index (Phi) is 13.2. The van der Waals surface area contributed by atoms with E-state index in [-0.39, 0.29) is 42.7 Å². The molecule has 45 heavy (non-hydrogen) atoms. The van der Waals surface area contributed by atoms with E-state index in [1.54, 1.807) is 0 Å². The normalized spacial score (nSPS) is 17.9. The minimum absolute atomic E-state index is 0. The number of rotatable bonds is 14. The van der Waals surface area contributed by atoms with E-state index in [9.17, 15) is 17.6 Å². The van der Waals surface area contributed by atoms with Gasteiger partial charge in [-0.3, -0.25) is 0 Å². The lowest BCUT2D eigenvalue weighted by Crippen LogP contribution is -2.50. The van der Waals surface area contributed by atoms with E-state index in [0.29, 0.717) is 38.7 Å². The molecule has 0 radical (unpaired) electrons. The van der Waals surface area contributed by atoms with Crippen molar-refractivity contribution in [3.8, 4) is 5.75 Å². The Balaban J connectivity index is 0.00000461.